The van der Waals surface area contributed by atoms with Crippen LogP contribution in [0.5, 0.6) is 0 Å². The summed E-state index contributed by atoms with van der Waals surface area (Å²) in [5.74, 6) is -0.0894. The molecule has 1 amide bonds. The van der Waals surface area contributed by atoms with Gasteiger partial charge in [0.15, 0.2) is 0 Å². The molecule has 1 aromatic carbocycles. The van der Waals surface area contributed by atoms with Gasteiger partial charge in [0.1, 0.15) is 0 Å². The molecule has 1 aromatic heterocycles. The Morgan fingerprint density at radius 2 is 1.81 bits per heavy atom. The zero-order valence-electron chi connectivity index (χ0n) is 14.3. The molecular formula is C18H23Cl3N4O. The van der Waals surface area contributed by atoms with E-state index in [-0.39, 0.29) is 30.7 Å². The highest BCUT2D eigenvalue weighted by Gasteiger charge is 2.11. The number of nitrogens with one attached hydrogen (secondary N) is 2. The molecule has 142 valence electrons. The molecule has 26 heavy (non-hydrogen) atoms. The van der Waals surface area contributed by atoms with E-state index in [0.717, 1.165) is 43.9 Å². The number of amides is 1. The van der Waals surface area contributed by atoms with E-state index in [1.54, 1.807) is 12.4 Å². The van der Waals surface area contributed by atoms with Crippen LogP contribution in [0.1, 0.15) is 10.4 Å². The highest BCUT2D eigenvalue weighted by molar-refractivity contribution is 6.30. The third-order valence-electron chi connectivity index (χ3n) is 4.10. The number of halogens is 3. The van der Waals surface area contributed by atoms with Crippen molar-refractivity contribution in [3.05, 3.63) is 53.3 Å². The number of piperazine rings is 1. The van der Waals surface area contributed by atoms with Crippen LogP contribution in [0.2, 0.25) is 5.02 Å². The van der Waals surface area contributed by atoms with Crippen LogP contribution in [0.4, 0.5) is 0 Å². The third-order valence-corrected chi connectivity index (χ3v) is 4.35. The van der Waals surface area contributed by atoms with Gasteiger partial charge in [-0.05, 0) is 23.8 Å². The molecule has 1 aliphatic heterocycles. The van der Waals surface area contributed by atoms with E-state index in [1.807, 2.05) is 30.3 Å². The first-order valence-corrected chi connectivity index (χ1v) is 8.52. The van der Waals surface area contributed by atoms with Crippen LogP contribution in [0.25, 0.3) is 11.1 Å². The quantitative estimate of drug-likeness (QED) is 0.785. The van der Waals surface area contributed by atoms with Crippen LogP contribution in [-0.2, 0) is 0 Å². The second-order valence-corrected chi connectivity index (χ2v) is 6.25. The van der Waals surface area contributed by atoms with Crippen LogP contribution < -0.4 is 10.6 Å². The lowest BCUT2D eigenvalue weighted by atomic mass is 10.1. The van der Waals surface area contributed by atoms with Crippen molar-refractivity contribution in [2.75, 3.05) is 39.3 Å². The number of hydrogen-bond acceptors (Lipinski definition) is 4. The van der Waals surface area contributed by atoms with E-state index < -0.39 is 0 Å². The largest absolute Gasteiger partial charge is 0.351 e. The minimum absolute atomic E-state index is 0. The van der Waals surface area contributed by atoms with Gasteiger partial charge in [0.25, 0.3) is 5.91 Å². The summed E-state index contributed by atoms with van der Waals surface area (Å²) >= 11 is 5.91. The monoisotopic (exact) mass is 416 g/mol. The molecule has 8 heteroatoms. The van der Waals surface area contributed by atoms with Gasteiger partial charge in [-0.1, -0.05) is 23.7 Å². The number of nitrogens with zero attached hydrogens (tertiary/aromatic N) is 2. The standard InChI is InChI=1S/C18H21ClN4O.2ClH/c19-17-3-1-14(2-4-17)15-11-16(13-21-12-15)18(24)22-7-10-23-8-5-20-6-9-23;;/h1-4,11-13,20H,5-10H2,(H,22,24);2*1H. The molecule has 2 heterocycles. The molecule has 5 nitrogen and oxygen atoms in total. The van der Waals surface area contributed by atoms with Crippen LogP contribution in [0, 0.1) is 0 Å². The van der Waals surface area contributed by atoms with Crippen LogP contribution in [-0.4, -0.2) is 55.1 Å². The van der Waals surface area contributed by atoms with Gasteiger partial charge in [0, 0.05) is 62.2 Å². The lowest BCUT2D eigenvalue weighted by Crippen LogP contribution is -2.46. The molecule has 1 fully saturated rings. The molecule has 0 atom stereocenters. The number of benzene rings is 1. The Kier molecular flexibility index (Phi) is 9.91. The van der Waals surface area contributed by atoms with Gasteiger partial charge >= 0.3 is 0 Å². The first-order valence-electron chi connectivity index (χ1n) is 8.14. The van der Waals surface area contributed by atoms with Crippen molar-refractivity contribution in [2.24, 2.45) is 0 Å². The second kappa shape index (κ2) is 11.4. The Morgan fingerprint density at radius 3 is 2.50 bits per heavy atom. The van der Waals surface area contributed by atoms with E-state index in [1.165, 1.54) is 0 Å². The van der Waals surface area contributed by atoms with E-state index in [0.29, 0.717) is 17.1 Å². The molecule has 0 aliphatic carbocycles. The Bertz CT molecular complexity index is 691. The van der Waals surface area contributed by atoms with Gasteiger partial charge in [-0.15, -0.1) is 24.8 Å². The topological polar surface area (TPSA) is 57.3 Å². The molecule has 1 aliphatic rings. The normalized spacial score (nSPS) is 14.0. The van der Waals surface area contributed by atoms with Crippen molar-refractivity contribution in [3.8, 4) is 11.1 Å². The minimum atomic E-state index is -0.0894. The van der Waals surface area contributed by atoms with Crippen molar-refractivity contribution in [3.63, 3.8) is 0 Å². The summed E-state index contributed by atoms with van der Waals surface area (Å²) in [6.45, 7) is 5.61. The third kappa shape index (κ3) is 6.41. The van der Waals surface area contributed by atoms with E-state index in [4.69, 9.17) is 11.6 Å². The van der Waals surface area contributed by atoms with E-state index >= 15 is 0 Å². The van der Waals surface area contributed by atoms with Crippen LogP contribution in [0.3, 0.4) is 0 Å². The molecule has 2 N–H and O–H groups in total. The van der Waals surface area contributed by atoms with Crippen molar-refractivity contribution >= 4 is 42.3 Å². The summed E-state index contributed by atoms with van der Waals surface area (Å²) in [5, 5.41) is 6.98. The van der Waals surface area contributed by atoms with Gasteiger partial charge < -0.3 is 10.6 Å². The molecule has 0 spiro atoms. The maximum absolute atomic E-state index is 12.3. The highest BCUT2D eigenvalue weighted by atomic mass is 35.5. The average molecular weight is 418 g/mol. The van der Waals surface area contributed by atoms with Crippen LogP contribution >= 0.6 is 36.4 Å². The maximum Gasteiger partial charge on any atom is 0.252 e. The number of hydrogen-bond donors (Lipinski definition) is 2. The number of pyridine rings is 1. The summed E-state index contributed by atoms with van der Waals surface area (Å²) in [4.78, 5) is 18.9. The predicted molar refractivity (Wildman–Crippen MR) is 111 cm³/mol. The fourth-order valence-corrected chi connectivity index (χ4v) is 2.85. The maximum atomic E-state index is 12.3. The van der Waals surface area contributed by atoms with Crippen molar-refractivity contribution < 1.29 is 4.79 Å². The Hall–Kier alpha value is -1.37. The Morgan fingerprint density at radius 1 is 1.12 bits per heavy atom. The molecular weight excluding hydrogens is 395 g/mol. The summed E-state index contributed by atoms with van der Waals surface area (Å²) in [6, 6.07) is 9.36. The summed E-state index contributed by atoms with van der Waals surface area (Å²) in [7, 11) is 0. The highest BCUT2D eigenvalue weighted by Crippen LogP contribution is 2.21. The van der Waals surface area contributed by atoms with Gasteiger partial charge in [-0.3, -0.25) is 14.7 Å². The Balaban J connectivity index is 0.00000169. The zero-order valence-corrected chi connectivity index (χ0v) is 16.7. The lowest BCUT2D eigenvalue weighted by Gasteiger charge is -2.27. The molecule has 0 bridgehead atoms. The smallest absolute Gasteiger partial charge is 0.252 e. The molecule has 1 saturated heterocycles. The van der Waals surface area contributed by atoms with E-state index in [2.05, 4.69) is 20.5 Å². The molecule has 2 aromatic rings. The zero-order chi connectivity index (χ0) is 16.8. The average Bonchev–Trinajstić information content (AvgIpc) is 2.63. The van der Waals surface area contributed by atoms with E-state index in [9.17, 15) is 4.79 Å². The van der Waals surface area contributed by atoms with Crippen molar-refractivity contribution in [1.29, 1.82) is 0 Å². The molecule has 0 saturated carbocycles. The predicted octanol–water partition coefficient (Wildman–Crippen LogP) is 2.88. The summed E-state index contributed by atoms with van der Waals surface area (Å²) < 4.78 is 0. The van der Waals surface area contributed by atoms with Crippen molar-refractivity contribution in [2.45, 2.75) is 0 Å². The second-order valence-electron chi connectivity index (χ2n) is 5.82. The molecule has 0 unspecified atom stereocenters. The fourth-order valence-electron chi connectivity index (χ4n) is 2.73. The van der Waals surface area contributed by atoms with Crippen molar-refractivity contribution in [1.82, 2.24) is 20.5 Å². The molecule has 0 radical (unpaired) electrons. The van der Waals surface area contributed by atoms with Gasteiger partial charge in [0.2, 0.25) is 0 Å². The molecule has 3 rings (SSSR count). The minimum Gasteiger partial charge on any atom is -0.351 e. The fraction of sp³-hybridized carbons (Fsp3) is 0.333. The SMILES string of the molecule is Cl.Cl.O=C(NCCN1CCNCC1)c1cncc(-c2ccc(Cl)cc2)c1. The number of aromatic nitrogens is 1. The Labute approximate surface area is 171 Å². The first-order chi connectivity index (χ1) is 11.7. The van der Waals surface area contributed by atoms with Gasteiger partial charge in [-0.2, -0.15) is 0 Å². The van der Waals surface area contributed by atoms with Crippen LogP contribution in [0.15, 0.2) is 42.7 Å². The van der Waals surface area contributed by atoms with Gasteiger partial charge in [-0.25, -0.2) is 0 Å². The number of rotatable bonds is 5. The summed E-state index contributed by atoms with van der Waals surface area (Å²) in [5.41, 5.74) is 2.46. The summed E-state index contributed by atoms with van der Waals surface area (Å²) in [6.07, 6.45) is 3.35. The number of carbonyl (C=O) groups is 1. The number of carbonyl (C=O) groups excluding carboxylic acids is 1. The van der Waals surface area contributed by atoms with Gasteiger partial charge in [0.05, 0.1) is 5.56 Å². The first kappa shape index (κ1) is 22.7. The lowest BCUT2D eigenvalue weighted by molar-refractivity contribution is 0.0947.